The molecule has 2 N–H and O–H groups in total. The van der Waals surface area contributed by atoms with Crippen LogP contribution in [-0.4, -0.2) is 53.0 Å². The van der Waals surface area contributed by atoms with Gasteiger partial charge in [-0.2, -0.15) is 0 Å². The van der Waals surface area contributed by atoms with Crippen LogP contribution in [0.1, 0.15) is 28.0 Å². The van der Waals surface area contributed by atoms with E-state index in [1.807, 2.05) is 54.2 Å². The summed E-state index contributed by atoms with van der Waals surface area (Å²) in [7, 11) is 3.56. The van der Waals surface area contributed by atoms with Crippen LogP contribution in [0.2, 0.25) is 0 Å². The van der Waals surface area contributed by atoms with Gasteiger partial charge < -0.3 is 24.5 Å². The van der Waals surface area contributed by atoms with Gasteiger partial charge in [0.25, 0.3) is 5.91 Å². The molecule has 3 aromatic rings. The Balaban J connectivity index is 1.64. The van der Waals surface area contributed by atoms with E-state index in [0.717, 1.165) is 27.9 Å². The number of aromatic nitrogens is 2. The van der Waals surface area contributed by atoms with Crippen molar-refractivity contribution in [1.29, 1.82) is 0 Å². The van der Waals surface area contributed by atoms with E-state index in [1.54, 1.807) is 7.11 Å². The lowest BCUT2D eigenvalue weighted by Gasteiger charge is -2.28. The predicted molar refractivity (Wildman–Crippen MR) is 109 cm³/mol. The van der Waals surface area contributed by atoms with Gasteiger partial charge in [0.2, 0.25) is 0 Å². The zero-order chi connectivity index (χ0) is 20.4. The van der Waals surface area contributed by atoms with Crippen LogP contribution in [0.5, 0.6) is 5.75 Å². The fourth-order valence-electron chi connectivity index (χ4n) is 3.66. The summed E-state index contributed by atoms with van der Waals surface area (Å²) in [5, 5.41) is 14.0. The first-order valence-corrected chi connectivity index (χ1v) is 9.69. The SMILES string of the molecule is COc1ccc(Cc2cc(C(=O)N[C@@H]3CCOC[C@H]3O)nc3c2ccn3C)cc1. The third kappa shape index (κ3) is 4.11. The van der Waals surface area contributed by atoms with Crippen LogP contribution in [0, 0.1) is 0 Å². The second-order valence-electron chi connectivity index (χ2n) is 7.37. The molecule has 1 aliphatic heterocycles. The van der Waals surface area contributed by atoms with Crippen LogP contribution in [0.4, 0.5) is 0 Å². The lowest BCUT2D eigenvalue weighted by atomic mass is 10.0. The molecular weight excluding hydrogens is 370 g/mol. The Bertz CT molecular complexity index is 1010. The zero-order valence-corrected chi connectivity index (χ0v) is 16.6. The first-order valence-electron chi connectivity index (χ1n) is 9.69. The Morgan fingerprint density at radius 3 is 2.86 bits per heavy atom. The number of hydrogen-bond donors (Lipinski definition) is 2. The predicted octanol–water partition coefficient (Wildman–Crippen LogP) is 2.05. The van der Waals surface area contributed by atoms with Crippen LogP contribution in [-0.2, 0) is 18.2 Å². The number of aliphatic hydroxyl groups excluding tert-OH is 1. The number of fused-ring (bicyclic) bond motifs is 1. The van der Waals surface area contributed by atoms with Gasteiger partial charge in [-0.25, -0.2) is 4.98 Å². The molecule has 0 radical (unpaired) electrons. The van der Waals surface area contributed by atoms with Gasteiger partial charge in [0.05, 0.1) is 25.9 Å². The van der Waals surface area contributed by atoms with Gasteiger partial charge in [-0.1, -0.05) is 12.1 Å². The minimum atomic E-state index is -0.703. The normalized spacial score (nSPS) is 19.3. The standard InChI is InChI=1S/C22H25N3O4/c1-25-9-7-17-15(11-14-3-5-16(28-2)6-4-14)12-19(23-21(17)25)22(27)24-18-8-10-29-13-20(18)26/h3-7,9,12,18,20,26H,8,10-11,13H2,1-2H3,(H,24,27)/t18-,20-/m1/s1. The minimum Gasteiger partial charge on any atom is -0.497 e. The lowest BCUT2D eigenvalue weighted by Crippen LogP contribution is -2.48. The molecule has 0 unspecified atom stereocenters. The molecule has 7 nitrogen and oxygen atoms in total. The molecule has 3 heterocycles. The Hall–Kier alpha value is -2.90. The van der Waals surface area contributed by atoms with Gasteiger partial charge in [0, 0.05) is 25.2 Å². The topological polar surface area (TPSA) is 85.6 Å². The molecule has 0 aliphatic carbocycles. The number of aliphatic hydroxyl groups is 1. The lowest BCUT2D eigenvalue weighted by molar-refractivity contribution is -0.0261. The smallest absolute Gasteiger partial charge is 0.270 e. The van der Waals surface area contributed by atoms with Gasteiger partial charge in [0.1, 0.15) is 17.1 Å². The van der Waals surface area contributed by atoms with E-state index in [-0.39, 0.29) is 18.6 Å². The summed E-state index contributed by atoms with van der Waals surface area (Å²) in [6.07, 6.45) is 2.50. The maximum atomic E-state index is 12.9. The van der Waals surface area contributed by atoms with Crippen molar-refractivity contribution >= 4 is 16.9 Å². The average Bonchev–Trinajstić information content (AvgIpc) is 3.11. The molecule has 1 amide bonds. The summed E-state index contributed by atoms with van der Waals surface area (Å²) in [5.74, 6) is 0.526. The highest BCUT2D eigenvalue weighted by Crippen LogP contribution is 2.23. The maximum Gasteiger partial charge on any atom is 0.270 e. The second kappa shape index (κ2) is 8.23. The molecule has 0 spiro atoms. The number of rotatable bonds is 5. The largest absolute Gasteiger partial charge is 0.497 e. The molecule has 0 saturated carbocycles. The number of nitrogens with zero attached hydrogens (tertiary/aromatic N) is 2. The van der Waals surface area contributed by atoms with E-state index in [2.05, 4.69) is 10.3 Å². The van der Waals surface area contributed by atoms with E-state index in [9.17, 15) is 9.90 Å². The van der Waals surface area contributed by atoms with Crippen LogP contribution in [0.3, 0.4) is 0 Å². The van der Waals surface area contributed by atoms with Crippen LogP contribution < -0.4 is 10.1 Å². The number of carbonyl (C=O) groups is 1. The van der Waals surface area contributed by atoms with Gasteiger partial charge in [0.15, 0.2) is 0 Å². The average molecular weight is 395 g/mol. The van der Waals surface area contributed by atoms with Crippen molar-refractivity contribution < 1.29 is 19.4 Å². The summed E-state index contributed by atoms with van der Waals surface area (Å²) < 4.78 is 12.4. The number of hydrogen-bond acceptors (Lipinski definition) is 5. The number of pyridine rings is 1. The van der Waals surface area contributed by atoms with Crippen molar-refractivity contribution in [1.82, 2.24) is 14.9 Å². The van der Waals surface area contributed by atoms with Crippen molar-refractivity contribution in [2.45, 2.75) is 25.0 Å². The number of amides is 1. The van der Waals surface area contributed by atoms with Crippen molar-refractivity contribution in [3.63, 3.8) is 0 Å². The Labute approximate surface area is 169 Å². The summed E-state index contributed by atoms with van der Waals surface area (Å²) in [6, 6.07) is 11.4. The van der Waals surface area contributed by atoms with Crippen LogP contribution >= 0.6 is 0 Å². The number of nitrogens with one attached hydrogen (secondary N) is 1. The first-order chi connectivity index (χ1) is 14.0. The molecule has 4 rings (SSSR count). The van der Waals surface area contributed by atoms with Gasteiger partial charge >= 0.3 is 0 Å². The monoisotopic (exact) mass is 395 g/mol. The quantitative estimate of drug-likeness (QED) is 0.691. The van der Waals surface area contributed by atoms with Gasteiger partial charge in [-0.05, 0) is 48.2 Å². The summed E-state index contributed by atoms with van der Waals surface area (Å²) >= 11 is 0. The Kier molecular flexibility index (Phi) is 5.51. The molecule has 1 aliphatic rings. The van der Waals surface area contributed by atoms with E-state index < -0.39 is 6.10 Å². The second-order valence-corrected chi connectivity index (χ2v) is 7.37. The molecular formula is C22H25N3O4. The molecule has 1 saturated heterocycles. The van der Waals surface area contributed by atoms with E-state index in [1.165, 1.54) is 0 Å². The summed E-state index contributed by atoms with van der Waals surface area (Å²) in [5.41, 5.74) is 3.25. The molecule has 1 aromatic carbocycles. The first kappa shape index (κ1) is 19.4. The van der Waals surface area contributed by atoms with E-state index >= 15 is 0 Å². The van der Waals surface area contributed by atoms with Crippen molar-refractivity contribution in [3.05, 3.63) is 59.4 Å². The summed E-state index contributed by atoms with van der Waals surface area (Å²) in [4.78, 5) is 17.4. The van der Waals surface area contributed by atoms with E-state index in [0.29, 0.717) is 25.1 Å². The molecule has 152 valence electrons. The molecule has 2 aromatic heterocycles. The van der Waals surface area contributed by atoms with Crippen molar-refractivity contribution in [3.8, 4) is 5.75 Å². The maximum absolute atomic E-state index is 12.9. The molecule has 2 atom stereocenters. The molecule has 7 heteroatoms. The van der Waals surface area contributed by atoms with Crippen molar-refractivity contribution in [2.24, 2.45) is 7.05 Å². The molecule has 29 heavy (non-hydrogen) atoms. The molecule has 1 fully saturated rings. The third-order valence-electron chi connectivity index (χ3n) is 5.35. The molecule has 0 bridgehead atoms. The number of benzene rings is 1. The van der Waals surface area contributed by atoms with Gasteiger partial charge in [-0.15, -0.1) is 0 Å². The fraction of sp³-hybridized carbons (Fsp3) is 0.364. The number of aryl methyl sites for hydroxylation is 1. The highest BCUT2D eigenvalue weighted by molar-refractivity contribution is 5.95. The highest BCUT2D eigenvalue weighted by atomic mass is 16.5. The minimum absolute atomic E-state index is 0.234. The number of ether oxygens (including phenoxy) is 2. The van der Waals surface area contributed by atoms with Crippen molar-refractivity contribution in [2.75, 3.05) is 20.3 Å². The summed E-state index contributed by atoms with van der Waals surface area (Å²) in [6.45, 7) is 0.757. The fourth-order valence-corrected chi connectivity index (χ4v) is 3.66. The van der Waals surface area contributed by atoms with Crippen LogP contribution in [0.15, 0.2) is 42.6 Å². The Morgan fingerprint density at radius 2 is 2.14 bits per heavy atom. The number of methoxy groups -OCH3 is 1. The van der Waals surface area contributed by atoms with E-state index in [4.69, 9.17) is 9.47 Å². The highest BCUT2D eigenvalue weighted by Gasteiger charge is 2.26. The number of carbonyl (C=O) groups excluding carboxylic acids is 1. The Morgan fingerprint density at radius 1 is 1.34 bits per heavy atom. The van der Waals surface area contributed by atoms with Gasteiger partial charge in [-0.3, -0.25) is 4.79 Å². The zero-order valence-electron chi connectivity index (χ0n) is 16.6. The third-order valence-corrected chi connectivity index (χ3v) is 5.35. The van der Waals surface area contributed by atoms with Crippen LogP contribution in [0.25, 0.3) is 11.0 Å².